The van der Waals surface area contributed by atoms with Crippen molar-refractivity contribution in [3.63, 3.8) is 0 Å². The van der Waals surface area contributed by atoms with Crippen molar-refractivity contribution >= 4 is 10.8 Å². The zero-order chi connectivity index (χ0) is 14.3. The molecule has 0 N–H and O–H groups in total. The highest BCUT2D eigenvalue weighted by molar-refractivity contribution is 5.95. The number of benzene rings is 2. The summed E-state index contributed by atoms with van der Waals surface area (Å²) in [7, 11) is 0. The van der Waals surface area contributed by atoms with Crippen LogP contribution >= 0.6 is 0 Å². The zero-order valence-corrected chi connectivity index (χ0v) is 13.3. The average molecular weight is 288 g/mol. The first-order chi connectivity index (χ1) is 10.9. The van der Waals surface area contributed by atoms with Gasteiger partial charge in [-0.1, -0.05) is 18.2 Å². The number of hydrogen-bond acceptors (Lipinski definition) is 0. The summed E-state index contributed by atoms with van der Waals surface area (Å²) in [6.45, 7) is 0. The van der Waals surface area contributed by atoms with E-state index < -0.39 is 0 Å². The van der Waals surface area contributed by atoms with Crippen molar-refractivity contribution in [3.8, 4) is 0 Å². The van der Waals surface area contributed by atoms with Crippen LogP contribution < -0.4 is 0 Å². The molecule has 0 radical (unpaired) electrons. The Kier molecular flexibility index (Phi) is 2.30. The van der Waals surface area contributed by atoms with Crippen LogP contribution in [0.5, 0.6) is 0 Å². The van der Waals surface area contributed by atoms with E-state index in [9.17, 15) is 0 Å². The van der Waals surface area contributed by atoms with Crippen LogP contribution in [0.25, 0.3) is 10.8 Å². The van der Waals surface area contributed by atoms with Gasteiger partial charge in [0, 0.05) is 0 Å². The molecule has 0 saturated heterocycles. The van der Waals surface area contributed by atoms with Gasteiger partial charge in [0.15, 0.2) is 0 Å². The van der Waals surface area contributed by atoms with Crippen LogP contribution in [-0.2, 0) is 12.8 Å². The van der Waals surface area contributed by atoms with E-state index in [0.29, 0.717) is 0 Å². The molecule has 0 aromatic heterocycles. The summed E-state index contributed by atoms with van der Waals surface area (Å²) in [6, 6.07) is 7.20. The molecule has 3 atom stereocenters. The van der Waals surface area contributed by atoms with Crippen LogP contribution in [0.2, 0.25) is 0 Å². The second-order valence-corrected chi connectivity index (χ2v) is 8.24. The fourth-order valence-corrected chi connectivity index (χ4v) is 6.52. The Balaban J connectivity index is 1.84. The first-order valence-corrected chi connectivity index (χ1v) is 9.52. The van der Waals surface area contributed by atoms with Crippen molar-refractivity contribution in [1.29, 1.82) is 0 Å². The maximum atomic E-state index is 2.45. The van der Waals surface area contributed by atoms with Gasteiger partial charge in [-0.3, -0.25) is 0 Å². The van der Waals surface area contributed by atoms with Crippen LogP contribution in [0.1, 0.15) is 90.5 Å². The second kappa shape index (κ2) is 4.16. The lowest BCUT2D eigenvalue weighted by Crippen LogP contribution is -2.28. The van der Waals surface area contributed by atoms with Gasteiger partial charge in [-0.05, 0) is 114 Å². The topological polar surface area (TPSA) is 0 Å². The third-order valence-electron chi connectivity index (χ3n) is 7.34. The normalized spacial score (nSPS) is 31.4. The van der Waals surface area contributed by atoms with Crippen molar-refractivity contribution in [3.05, 3.63) is 46.0 Å². The monoisotopic (exact) mass is 288 g/mol. The van der Waals surface area contributed by atoms with E-state index in [4.69, 9.17) is 0 Å². The molecule has 0 saturated carbocycles. The van der Waals surface area contributed by atoms with Crippen molar-refractivity contribution in [1.82, 2.24) is 0 Å². The minimum Gasteiger partial charge on any atom is -0.0613 e. The third kappa shape index (κ3) is 1.36. The Hall–Kier alpha value is -1.30. The van der Waals surface area contributed by atoms with E-state index in [0.717, 1.165) is 17.8 Å². The van der Waals surface area contributed by atoms with Gasteiger partial charge >= 0.3 is 0 Å². The Morgan fingerprint density at radius 1 is 0.682 bits per heavy atom. The molecule has 22 heavy (non-hydrogen) atoms. The van der Waals surface area contributed by atoms with Crippen molar-refractivity contribution < 1.29 is 0 Å². The summed E-state index contributed by atoms with van der Waals surface area (Å²) in [5.41, 5.74) is 9.05. The molecule has 0 amide bonds. The molecule has 0 fully saturated rings. The van der Waals surface area contributed by atoms with E-state index in [1.165, 1.54) is 57.8 Å². The minimum absolute atomic E-state index is 0.884. The van der Waals surface area contributed by atoms with E-state index in [2.05, 4.69) is 18.2 Å². The molecule has 6 rings (SSSR count). The number of hydrogen-bond donors (Lipinski definition) is 0. The predicted molar refractivity (Wildman–Crippen MR) is 91.9 cm³/mol. The van der Waals surface area contributed by atoms with Crippen LogP contribution in [0.4, 0.5) is 0 Å². The predicted octanol–water partition coefficient (Wildman–Crippen LogP) is 5.96. The fraction of sp³-hybridized carbons (Fsp3) is 0.545. The highest BCUT2D eigenvalue weighted by Gasteiger charge is 2.40. The summed E-state index contributed by atoms with van der Waals surface area (Å²) in [5, 5.41) is 3.38. The molecule has 2 aromatic rings. The van der Waals surface area contributed by atoms with Crippen molar-refractivity contribution in [2.45, 2.75) is 75.5 Å². The Morgan fingerprint density at radius 3 is 2.32 bits per heavy atom. The quantitative estimate of drug-likeness (QED) is 0.561. The molecule has 4 aliphatic carbocycles. The lowest BCUT2D eigenvalue weighted by molar-refractivity contribution is 0.375. The van der Waals surface area contributed by atoms with E-state index >= 15 is 0 Å². The van der Waals surface area contributed by atoms with Gasteiger partial charge in [0.05, 0.1) is 0 Å². The Morgan fingerprint density at radius 2 is 1.45 bits per heavy atom. The molecule has 0 nitrogen and oxygen atoms in total. The van der Waals surface area contributed by atoms with Crippen LogP contribution in [0.3, 0.4) is 0 Å². The van der Waals surface area contributed by atoms with Crippen LogP contribution in [0.15, 0.2) is 18.2 Å². The molecule has 112 valence electrons. The van der Waals surface area contributed by atoms with Gasteiger partial charge in [0.25, 0.3) is 0 Å². The molecule has 3 unspecified atom stereocenters. The Labute approximate surface area is 132 Å². The van der Waals surface area contributed by atoms with Gasteiger partial charge in [-0.2, -0.15) is 0 Å². The highest BCUT2D eigenvalue weighted by atomic mass is 14.4. The largest absolute Gasteiger partial charge is 0.0613 e. The molecule has 0 heterocycles. The lowest BCUT2D eigenvalue weighted by Gasteiger charge is -2.45. The van der Waals surface area contributed by atoms with Crippen molar-refractivity contribution in [2.75, 3.05) is 0 Å². The molecule has 0 aliphatic heterocycles. The molecule has 0 heteroatoms. The smallest absolute Gasteiger partial charge is 0.0111 e. The summed E-state index contributed by atoms with van der Waals surface area (Å²) in [6.07, 6.45) is 12.8. The number of aryl methyl sites for hydroxylation is 2. The number of fused-ring (bicyclic) bond motifs is 1. The van der Waals surface area contributed by atoms with Gasteiger partial charge in [0.2, 0.25) is 0 Å². The number of rotatable bonds is 0. The van der Waals surface area contributed by atoms with Gasteiger partial charge in [0.1, 0.15) is 0 Å². The first kappa shape index (κ1) is 12.2. The fourth-order valence-electron chi connectivity index (χ4n) is 6.52. The molecular weight excluding hydrogens is 264 g/mol. The van der Waals surface area contributed by atoms with Gasteiger partial charge in [-0.15, -0.1) is 0 Å². The highest BCUT2D eigenvalue weighted by Crippen LogP contribution is 2.57. The van der Waals surface area contributed by atoms with Crippen LogP contribution in [-0.4, -0.2) is 0 Å². The van der Waals surface area contributed by atoms with Crippen LogP contribution in [0, 0.1) is 0 Å². The first-order valence-electron chi connectivity index (χ1n) is 9.52. The zero-order valence-electron chi connectivity index (χ0n) is 13.3. The minimum atomic E-state index is 0.884. The summed E-state index contributed by atoms with van der Waals surface area (Å²) in [4.78, 5) is 0. The molecule has 4 aliphatic rings. The Bertz CT molecular complexity index is 798. The summed E-state index contributed by atoms with van der Waals surface area (Å²) >= 11 is 0. The second-order valence-electron chi connectivity index (χ2n) is 8.24. The summed E-state index contributed by atoms with van der Waals surface area (Å²) in [5.74, 6) is 2.69. The molecular formula is C22H24. The molecule has 0 bridgehead atoms. The summed E-state index contributed by atoms with van der Waals surface area (Å²) < 4.78 is 0. The van der Waals surface area contributed by atoms with Gasteiger partial charge < -0.3 is 0 Å². The standard InChI is InChI=1S/C22H24/c1-3-13-7-9-15-11-12-16-10-8-14-4-2-6-18-17(5-1)19(13)21(15)22(16)20(14)18/h1,3,5,14-16H,2,4,6-12H2. The molecule has 2 aromatic carbocycles. The third-order valence-corrected chi connectivity index (χ3v) is 7.34. The lowest BCUT2D eigenvalue weighted by atomic mass is 9.60. The molecule has 0 spiro atoms. The maximum Gasteiger partial charge on any atom is -0.0111 e. The van der Waals surface area contributed by atoms with E-state index in [1.807, 2.05) is 16.7 Å². The maximum absolute atomic E-state index is 2.45. The van der Waals surface area contributed by atoms with Crippen molar-refractivity contribution in [2.24, 2.45) is 0 Å². The SMILES string of the molecule is c1cc2c3c4c5c6c(c3c1)CCCC6CCC5CCC4CC2. The van der Waals surface area contributed by atoms with Gasteiger partial charge in [-0.25, -0.2) is 0 Å². The average Bonchev–Trinajstić information content (AvgIpc) is 2.59. The van der Waals surface area contributed by atoms with E-state index in [1.54, 1.807) is 21.9 Å². The van der Waals surface area contributed by atoms with E-state index in [-0.39, 0.29) is 0 Å².